The van der Waals surface area contributed by atoms with Crippen LogP contribution in [-0.4, -0.2) is 34.1 Å². The first kappa shape index (κ1) is 11.8. The third kappa shape index (κ3) is 2.71. The lowest BCUT2D eigenvalue weighted by molar-refractivity contribution is 0.282. The van der Waals surface area contributed by atoms with Crippen molar-refractivity contribution in [3.63, 3.8) is 0 Å². The lowest BCUT2D eigenvalue weighted by Crippen LogP contribution is -2.23. The minimum Gasteiger partial charge on any atom is -0.374 e. The molecule has 0 radical (unpaired) electrons. The molecule has 2 rings (SSSR count). The summed E-state index contributed by atoms with van der Waals surface area (Å²) in [5.74, 6) is 0. The molecule has 0 atom stereocenters. The second kappa shape index (κ2) is 4.67. The quantitative estimate of drug-likeness (QED) is 0.876. The number of nitrogens with one attached hydrogen (secondary N) is 1. The molecule has 0 amide bonds. The van der Waals surface area contributed by atoms with Crippen molar-refractivity contribution in [3.05, 3.63) is 5.69 Å². The molecule has 90 valence electrons. The number of rotatable bonds is 4. The van der Waals surface area contributed by atoms with Gasteiger partial charge in [0.05, 0.1) is 0 Å². The fraction of sp³-hybridized carbons (Fsp3) is 0.818. The summed E-state index contributed by atoms with van der Waals surface area (Å²) in [5.41, 5.74) is 1.56. The molecule has 0 saturated carbocycles. The van der Waals surface area contributed by atoms with Gasteiger partial charge in [-0.3, -0.25) is 4.90 Å². The number of hydrogen-bond donors (Lipinski definition) is 1. The van der Waals surface area contributed by atoms with E-state index in [0.29, 0.717) is 5.41 Å². The van der Waals surface area contributed by atoms with Gasteiger partial charge in [0.2, 0.25) is 0 Å². The van der Waals surface area contributed by atoms with E-state index in [4.69, 9.17) is 0 Å². The van der Waals surface area contributed by atoms with Crippen LogP contribution in [0.3, 0.4) is 0 Å². The van der Waals surface area contributed by atoms with Crippen LogP contribution in [0, 0.1) is 5.41 Å². The summed E-state index contributed by atoms with van der Waals surface area (Å²) in [7, 11) is 0. The van der Waals surface area contributed by atoms with Gasteiger partial charge in [0.1, 0.15) is 10.7 Å². The van der Waals surface area contributed by atoms with E-state index in [1.807, 2.05) is 0 Å². The van der Waals surface area contributed by atoms with Crippen molar-refractivity contribution in [2.45, 2.75) is 33.7 Å². The summed E-state index contributed by atoms with van der Waals surface area (Å²) in [6, 6.07) is 0. The van der Waals surface area contributed by atoms with Gasteiger partial charge in [-0.15, -0.1) is 5.10 Å². The number of likely N-dealkylation sites (tertiary alicyclic amines) is 1. The highest BCUT2D eigenvalue weighted by Gasteiger charge is 2.29. The Labute approximate surface area is 101 Å². The third-order valence-electron chi connectivity index (χ3n) is 3.02. The zero-order chi connectivity index (χ0) is 11.6. The first-order valence-electron chi connectivity index (χ1n) is 5.88. The van der Waals surface area contributed by atoms with Crippen LogP contribution < -0.4 is 5.32 Å². The van der Waals surface area contributed by atoms with Gasteiger partial charge in [-0.05, 0) is 25.3 Å². The Morgan fingerprint density at radius 2 is 2.31 bits per heavy atom. The molecule has 0 aliphatic carbocycles. The molecule has 5 heteroatoms. The van der Waals surface area contributed by atoms with E-state index < -0.39 is 0 Å². The summed E-state index contributed by atoms with van der Waals surface area (Å²) in [6.45, 7) is 11.0. The van der Waals surface area contributed by atoms with E-state index >= 15 is 0 Å². The summed E-state index contributed by atoms with van der Waals surface area (Å²) >= 11 is 1.46. The highest BCUT2D eigenvalue weighted by atomic mass is 32.1. The summed E-state index contributed by atoms with van der Waals surface area (Å²) in [4.78, 5) is 2.47. The molecular weight excluding hydrogens is 220 g/mol. The lowest BCUT2D eigenvalue weighted by Gasteiger charge is -2.19. The zero-order valence-corrected chi connectivity index (χ0v) is 11.1. The summed E-state index contributed by atoms with van der Waals surface area (Å²) in [5, 5.41) is 8.66. The van der Waals surface area contributed by atoms with Crippen molar-refractivity contribution in [2.24, 2.45) is 5.41 Å². The van der Waals surface area contributed by atoms with Gasteiger partial charge in [0.25, 0.3) is 0 Å². The first-order chi connectivity index (χ1) is 7.61. The van der Waals surface area contributed by atoms with E-state index in [-0.39, 0.29) is 0 Å². The van der Waals surface area contributed by atoms with Crippen LogP contribution in [0.1, 0.15) is 32.9 Å². The molecule has 1 aromatic heterocycles. The first-order valence-corrected chi connectivity index (χ1v) is 6.65. The van der Waals surface area contributed by atoms with Crippen molar-refractivity contribution in [2.75, 3.05) is 25.0 Å². The van der Waals surface area contributed by atoms with Gasteiger partial charge in [0.15, 0.2) is 0 Å². The fourth-order valence-corrected chi connectivity index (χ4v) is 2.82. The Bertz CT molecular complexity index is 348. The van der Waals surface area contributed by atoms with Crippen LogP contribution in [0.15, 0.2) is 0 Å². The molecule has 0 spiro atoms. The second-order valence-electron chi connectivity index (χ2n) is 5.20. The highest BCUT2D eigenvalue weighted by molar-refractivity contribution is 7.10. The van der Waals surface area contributed by atoms with Crippen LogP contribution in [0.25, 0.3) is 0 Å². The number of anilines is 1. The Balaban J connectivity index is 1.96. The average Bonchev–Trinajstić information content (AvgIpc) is 2.76. The smallest absolute Gasteiger partial charge is 0.134 e. The third-order valence-corrected chi connectivity index (χ3v) is 3.75. The molecule has 1 aliphatic heterocycles. The highest BCUT2D eigenvalue weighted by Crippen LogP contribution is 2.30. The van der Waals surface area contributed by atoms with Crippen LogP contribution in [0.2, 0.25) is 0 Å². The largest absolute Gasteiger partial charge is 0.374 e. The molecule has 0 bridgehead atoms. The van der Waals surface area contributed by atoms with E-state index in [1.165, 1.54) is 24.5 Å². The molecule has 2 heterocycles. The maximum atomic E-state index is 4.21. The molecule has 0 unspecified atom stereocenters. The SMILES string of the molecule is CCNc1snnc1CN1CCC(C)(C)C1. The van der Waals surface area contributed by atoms with Crippen LogP contribution in [0.5, 0.6) is 0 Å². The molecule has 16 heavy (non-hydrogen) atoms. The van der Waals surface area contributed by atoms with E-state index in [2.05, 4.69) is 40.6 Å². The van der Waals surface area contributed by atoms with Crippen LogP contribution >= 0.6 is 11.5 Å². The Morgan fingerprint density at radius 1 is 1.50 bits per heavy atom. The minimum absolute atomic E-state index is 0.460. The number of aromatic nitrogens is 2. The molecule has 4 nitrogen and oxygen atoms in total. The van der Waals surface area contributed by atoms with Crippen molar-refractivity contribution in [3.8, 4) is 0 Å². The Morgan fingerprint density at radius 3 is 2.94 bits per heavy atom. The maximum Gasteiger partial charge on any atom is 0.134 e. The van der Waals surface area contributed by atoms with E-state index in [9.17, 15) is 0 Å². The molecule has 1 aliphatic rings. The van der Waals surface area contributed by atoms with Crippen LogP contribution in [0.4, 0.5) is 5.00 Å². The normalized spacial score (nSPS) is 20.2. The standard InChI is InChI=1S/C11H20N4S/c1-4-12-10-9(13-14-16-10)7-15-6-5-11(2,3)8-15/h12H,4-8H2,1-3H3. The maximum absolute atomic E-state index is 4.21. The minimum atomic E-state index is 0.460. The molecule has 0 aromatic carbocycles. The molecule has 1 N–H and O–H groups in total. The second-order valence-corrected chi connectivity index (χ2v) is 5.96. The predicted molar refractivity (Wildman–Crippen MR) is 67.7 cm³/mol. The number of hydrogen-bond acceptors (Lipinski definition) is 5. The number of nitrogens with zero attached hydrogens (tertiary/aromatic N) is 3. The monoisotopic (exact) mass is 240 g/mol. The Hall–Kier alpha value is -0.680. The van der Waals surface area contributed by atoms with E-state index in [1.54, 1.807) is 0 Å². The summed E-state index contributed by atoms with van der Waals surface area (Å²) < 4.78 is 4.02. The fourth-order valence-electron chi connectivity index (χ4n) is 2.18. The summed E-state index contributed by atoms with van der Waals surface area (Å²) in [6.07, 6.45) is 1.28. The van der Waals surface area contributed by atoms with Crippen LogP contribution in [-0.2, 0) is 6.54 Å². The van der Waals surface area contributed by atoms with Crippen molar-refractivity contribution >= 4 is 16.5 Å². The van der Waals surface area contributed by atoms with Crippen molar-refractivity contribution in [1.82, 2.24) is 14.5 Å². The van der Waals surface area contributed by atoms with Gasteiger partial charge in [-0.1, -0.05) is 18.3 Å². The van der Waals surface area contributed by atoms with Gasteiger partial charge in [-0.25, -0.2) is 0 Å². The van der Waals surface area contributed by atoms with Gasteiger partial charge in [-0.2, -0.15) is 0 Å². The average molecular weight is 240 g/mol. The van der Waals surface area contributed by atoms with Crippen molar-refractivity contribution in [1.29, 1.82) is 0 Å². The lowest BCUT2D eigenvalue weighted by atomic mass is 9.93. The Kier molecular flexibility index (Phi) is 3.44. The van der Waals surface area contributed by atoms with Crippen molar-refractivity contribution < 1.29 is 0 Å². The molecule has 1 saturated heterocycles. The van der Waals surface area contributed by atoms with Gasteiger partial charge >= 0.3 is 0 Å². The zero-order valence-electron chi connectivity index (χ0n) is 10.3. The molecular formula is C11H20N4S. The topological polar surface area (TPSA) is 41.1 Å². The van der Waals surface area contributed by atoms with Gasteiger partial charge in [0, 0.05) is 31.2 Å². The van der Waals surface area contributed by atoms with E-state index in [0.717, 1.165) is 30.3 Å². The predicted octanol–water partition coefficient (Wildman–Crippen LogP) is 2.20. The molecule has 1 fully saturated rings. The molecule has 1 aromatic rings. The van der Waals surface area contributed by atoms with Gasteiger partial charge < -0.3 is 5.32 Å².